The molecule has 0 bridgehead atoms. The number of nitrogens with one attached hydrogen (secondary N) is 1. The molecule has 0 saturated heterocycles. The van der Waals surface area contributed by atoms with Gasteiger partial charge in [0.25, 0.3) is 0 Å². The number of sulfone groups is 1. The molecular weight excluding hydrogens is 376 g/mol. The van der Waals surface area contributed by atoms with Crippen LogP contribution in [0.5, 0.6) is 0 Å². The molecule has 136 valence electrons. The minimum absolute atomic E-state index is 0.00668. The van der Waals surface area contributed by atoms with E-state index in [4.69, 9.17) is 0 Å². The molecule has 8 heteroatoms. The lowest BCUT2D eigenvalue weighted by Crippen LogP contribution is -2.34. The fourth-order valence-electron chi connectivity index (χ4n) is 4.57. The number of rotatable bonds is 5. The van der Waals surface area contributed by atoms with Crippen molar-refractivity contribution in [3.63, 3.8) is 0 Å². The normalized spacial score (nSPS) is 32.6. The molecule has 5 nitrogen and oxygen atoms in total. The van der Waals surface area contributed by atoms with Crippen molar-refractivity contribution in [1.29, 1.82) is 0 Å². The van der Waals surface area contributed by atoms with E-state index in [9.17, 15) is 13.2 Å². The number of hydrogen-bond acceptors (Lipinski definition) is 6. The zero-order valence-corrected chi connectivity index (χ0v) is 16.6. The first-order chi connectivity index (χ1) is 11.9. The molecule has 2 aliphatic carbocycles. The van der Waals surface area contributed by atoms with E-state index in [0.29, 0.717) is 27.0 Å². The van der Waals surface area contributed by atoms with Gasteiger partial charge >= 0.3 is 0 Å². The number of thiazole rings is 1. The molecule has 25 heavy (non-hydrogen) atoms. The predicted octanol–water partition coefficient (Wildman–Crippen LogP) is 3.53. The summed E-state index contributed by atoms with van der Waals surface area (Å²) in [5.74, 6) is 1.67. The van der Waals surface area contributed by atoms with E-state index in [1.165, 1.54) is 55.0 Å². The van der Waals surface area contributed by atoms with Gasteiger partial charge in [0.05, 0.1) is 9.65 Å². The number of hydrogen-bond donors (Lipinski definition) is 1. The van der Waals surface area contributed by atoms with Gasteiger partial charge in [-0.3, -0.25) is 4.79 Å². The molecule has 3 atom stereocenters. The van der Waals surface area contributed by atoms with Crippen molar-refractivity contribution < 1.29 is 13.2 Å². The van der Waals surface area contributed by atoms with Gasteiger partial charge in [-0.05, 0) is 18.3 Å². The number of nitrogens with zero attached hydrogens (tertiary/aromatic N) is 1. The molecule has 0 aromatic carbocycles. The first-order valence-electron chi connectivity index (χ1n) is 8.67. The molecule has 2 fully saturated rings. The molecule has 0 spiro atoms. The quantitative estimate of drug-likeness (QED) is 0.821. The van der Waals surface area contributed by atoms with Crippen LogP contribution < -0.4 is 5.32 Å². The monoisotopic (exact) mass is 398 g/mol. The number of carbonyl (C=O) groups is 1. The zero-order valence-electron chi connectivity index (χ0n) is 14.1. The Morgan fingerprint density at radius 2 is 2.12 bits per heavy atom. The summed E-state index contributed by atoms with van der Waals surface area (Å²) in [6, 6.07) is 0. The van der Waals surface area contributed by atoms with Gasteiger partial charge in [-0.1, -0.05) is 31.8 Å². The lowest BCUT2D eigenvalue weighted by Gasteiger charge is -2.24. The molecule has 4 rings (SSSR count). The lowest BCUT2D eigenvalue weighted by molar-refractivity contribution is -0.123. The van der Waals surface area contributed by atoms with Crippen LogP contribution in [0.4, 0.5) is 5.13 Å². The van der Waals surface area contributed by atoms with Gasteiger partial charge in [0.2, 0.25) is 5.91 Å². The molecule has 1 amide bonds. The fourth-order valence-corrected chi connectivity index (χ4v) is 7.56. The highest BCUT2D eigenvalue weighted by atomic mass is 32.3. The second-order valence-corrected chi connectivity index (χ2v) is 11.6. The summed E-state index contributed by atoms with van der Waals surface area (Å²) in [5, 5.41) is 5.46. The minimum Gasteiger partial charge on any atom is -0.301 e. The molecule has 2 heterocycles. The molecule has 2 saturated carbocycles. The highest BCUT2D eigenvalue weighted by molar-refractivity contribution is 8.18. The Balaban J connectivity index is 1.61. The number of thioether (sulfide) groups is 1. The molecule has 1 N–H and O–H groups in total. The molecule has 1 aromatic rings. The number of carbonyl (C=O) groups excluding carboxylic acids is 1. The predicted molar refractivity (Wildman–Crippen MR) is 102 cm³/mol. The van der Waals surface area contributed by atoms with Crippen LogP contribution >= 0.6 is 23.1 Å². The van der Waals surface area contributed by atoms with E-state index < -0.39 is 15.3 Å². The molecular formula is C17H22N2O3S3. The Labute approximate surface area is 156 Å². The third kappa shape index (κ3) is 3.17. The second kappa shape index (κ2) is 6.39. The van der Waals surface area contributed by atoms with Crippen LogP contribution in [-0.2, 0) is 14.6 Å². The highest BCUT2D eigenvalue weighted by Crippen LogP contribution is 2.66. The van der Waals surface area contributed by atoms with Crippen molar-refractivity contribution in [2.24, 2.45) is 23.2 Å². The van der Waals surface area contributed by atoms with E-state index in [-0.39, 0.29) is 11.8 Å². The molecule has 1 aromatic heterocycles. The molecule has 1 unspecified atom stereocenters. The van der Waals surface area contributed by atoms with Crippen molar-refractivity contribution in [3.8, 4) is 0 Å². The van der Waals surface area contributed by atoms with E-state index in [1.807, 2.05) is 11.5 Å². The number of allylic oxidation sites excluding steroid dienone is 1. The van der Waals surface area contributed by atoms with Gasteiger partial charge in [0.15, 0.2) is 15.0 Å². The van der Waals surface area contributed by atoms with Gasteiger partial charge < -0.3 is 5.32 Å². The van der Waals surface area contributed by atoms with Crippen LogP contribution in [0.25, 0.3) is 0 Å². The Kier molecular flexibility index (Phi) is 4.48. The average Bonchev–Trinajstić information content (AvgIpc) is 3.10. The Morgan fingerprint density at radius 3 is 2.72 bits per heavy atom. The number of amides is 1. The van der Waals surface area contributed by atoms with Gasteiger partial charge in [-0.2, -0.15) is 0 Å². The van der Waals surface area contributed by atoms with Crippen molar-refractivity contribution >= 4 is 44.0 Å². The van der Waals surface area contributed by atoms with Gasteiger partial charge in [-0.25, -0.2) is 13.4 Å². The minimum atomic E-state index is -3.20. The Morgan fingerprint density at radius 1 is 1.36 bits per heavy atom. The van der Waals surface area contributed by atoms with E-state index in [1.54, 1.807) is 6.20 Å². The third-order valence-electron chi connectivity index (χ3n) is 5.87. The third-order valence-corrected chi connectivity index (χ3v) is 9.64. The lowest BCUT2D eigenvalue weighted by atomic mass is 9.83. The van der Waals surface area contributed by atoms with Gasteiger partial charge in [-0.15, -0.1) is 23.1 Å². The van der Waals surface area contributed by atoms with E-state index in [0.717, 1.165) is 6.42 Å². The maximum atomic E-state index is 13.2. The summed E-state index contributed by atoms with van der Waals surface area (Å²) in [4.78, 5) is 17.3. The summed E-state index contributed by atoms with van der Waals surface area (Å²) in [5.41, 5.74) is -0.458. The van der Waals surface area contributed by atoms with Crippen molar-refractivity contribution in [2.75, 3.05) is 17.3 Å². The summed E-state index contributed by atoms with van der Waals surface area (Å²) in [6.45, 7) is 0. The smallest absolute Gasteiger partial charge is 0.233 e. The van der Waals surface area contributed by atoms with Crippen LogP contribution in [0.15, 0.2) is 21.9 Å². The van der Waals surface area contributed by atoms with Gasteiger partial charge in [0, 0.05) is 29.5 Å². The van der Waals surface area contributed by atoms with E-state index in [2.05, 4.69) is 10.3 Å². The summed E-state index contributed by atoms with van der Waals surface area (Å²) >= 11 is 2.79. The highest BCUT2D eigenvalue weighted by Gasteiger charge is 2.66. The van der Waals surface area contributed by atoms with Gasteiger partial charge in [0.1, 0.15) is 0 Å². The van der Waals surface area contributed by atoms with Crippen LogP contribution in [0, 0.1) is 23.2 Å². The first kappa shape index (κ1) is 17.5. The Hall–Kier alpha value is -0.860. The zero-order chi connectivity index (χ0) is 17.7. The average molecular weight is 399 g/mol. The first-order valence-corrected chi connectivity index (χ1v) is 12.4. The van der Waals surface area contributed by atoms with Crippen molar-refractivity contribution in [3.05, 3.63) is 21.9 Å². The SMILES string of the molecule is CS(=O)(=O)C1=CC([C@@]2(C(=O)Nc3nccs3)C[C@H]2C2CCCC2)CS1. The van der Waals surface area contributed by atoms with Crippen LogP contribution in [0.2, 0.25) is 0 Å². The Bertz CT molecular complexity index is 797. The summed E-state index contributed by atoms with van der Waals surface area (Å²) in [6.07, 6.45) is 10.5. The fraction of sp³-hybridized carbons (Fsp3) is 0.647. The standard InChI is InChI=1S/C17H22N2O3S3/c1-25(21,22)14-8-12(10-24-14)17(9-13(17)11-4-2-3-5-11)15(20)19-16-18-6-7-23-16/h6-8,11-13H,2-5,9-10H2,1H3,(H,18,19,20)/t12?,13-,17-/m0/s1. The summed E-state index contributed by atoms with van der Waals surface area (Å²) < 4.78 is 24.2. The maximum absolute atomic E-state index is 13.2. The van der Waals surface area contributed by atoms with Crippen molar-refractivity contribution in [1.82, 2.24) is 4.98 Å². The van der Waals surface area contributed by atoms with Crippen LogP contribution in [0.1, 0.15) is 32.1 Å². The van der Waals surface area contributed by atoms with E-state index >= 15 is 0 Å². The molecule has 0 radical (unpaired) electrons. The largest absolute Gasteiger partial charge is 0.301 e. The number of aromatic nitrogens is 1. The van der Waals surface area contributed by atoms with Crippen LogP contribution in [0.3, 0.4) is 0 Å². The van der Waals surface area contributed by atoms with Crippen LogP contribution in [-0.4, -0.2) is 31.3 Å². The molecule has 1 aliphatic heterocycles. The summed E-state index contributed by atoms with van der Waals surface area (Å²) in [7, 11) is -3.20. The second-order valence-electron chi connectivity index (χ2n) is 7.36. The molecule has 3 aliphatic rings. The topological polar surface area (TPSA) is 76.1 Å². The maximum Gasteiger partial charge on any atom is 0.233 e. The van der Waals surface area contributed by atoms with Crippen molar-refractivity contribution in [2.45, 2.75) is 32.1 Å². The number of anilines is 1.